The zero-order valence-electron chi connectivity index (χ0n) is 12.5. The second-order valence-electron chi connectivity index (χ2n) is 5.86. The second-order valence-corrected chi connectivity index (χ2v) is 6.81. The minimum absolute atomic E-state index is 0.00372. The first kappa shape index (κ1) is 15.7. The molecule has 0 spiro atoms. The van der Waals surface area contributed by atoms with Gasteiger partial charge < -0.3 is 11.1 Å². The zero-order chi connectivity index (χ0) is 15.3. The molecule has 3 N–H and O–H groups in total. The van der Waals surface area contributed by atoms with Crippen LogP contribution in [0.3, 0.4) is 0 Å². The molecule has 2 aromatic rings. The van der Waals surface area contributed by atoms with E-state index in [-0.39, 0.29) is 17.4 Å². The fourth-order valence-electron chi connectivity index (χ4n) is 2.16. The third-order valence-corrected chi connectivity index (χ3v) is 4.78. The van der Waals surface area contributed by atoms with Gasteiger partial charge in [0.1, 0.15) is 0 Å². The lowest BCUT2D eigenvalue weighted by atomic mass is 9.91. The Hall–Kier alpha value is -1.65. The quantitative estimate of drug-likeness (QED) is 0.860. The standard InChI is InChI=1S/C17H22N2OS/c1-17(2,15-9-6-10-21-15)12-19-16(20)11-14(18)13-7-4-3-5-8-13/h3-10,14H,11-12,18H2,1-2H3,(H,19,20). The predicted octanol–water partition coefficient (Wildman–Crippen LogP) is 3.23. The van der Waals surface area contributed by atoms with Crippen LogP contribution in [0, 0.1) is 0 Å². The van der Waals surface area contributed by atoms with Crippen LogP contribution >= 0.6 is 11.3 Å². The molecule has 112 valence electrons. The summed E-state index contributed by atoms with van der Waals surface area (Å²) in [6.07, 6.45) is 0.310. The first-order chi connectivity index (χ1) is 9.99. The van der Waals surface area contributed by atoms with Gasteiger partial charge in [-0.25, -0.2) is 0 Å². The van der Waals surface area contributed by atoms with Crippen molar-refractivity contribution in [3.8, 4) is 0 Å². The Labute approximate surface area is 130 Å². The van der Waals surface area contributed by atoms with E-state index >= 15 is 0 Å². The number of carbonyl (C=O) groups excluding carboxylic acids is 1. The summed E-state index contributed by atoms with van der Waals surface area (Å²) >= 11 is 1.72. The number of rotatable bonds is 6. The number of nitrogens with one attached hydrogen (secondary N) is 1. The van der Waals surface area contributed by atoms with Crippen LogP contribution in [0.5, 0.6) is 0 Å². The molecule has 1 heterocycles. The number of hydrogen-bond donors (Lipinski definition) is 2. The summed E-state index contributed by atoms with van der Waals surface area (Å²) in [6.45, 7) is 4.89. The first-order valence-corrected chi connectivity index (χ1v) is 7.98. The predicted molar refractivity (Wildman–Crippen MR) is 88.3 cm³/mol. The van der Waals surface area contributed by atoms with Crippen LogP contribution in [0.25, 0.3) is 0 Å². The van der Waals surface area contributed by atoms with E-state index in [0.717, 1.165) is 5.56 Å². The minimum atomic E-state index is -0.254. The van der Waals surface area contributed by atoms with Crippen molar-refractivity contribution in [3.05, 3.63) is 58.3 Å². The fourth-order valence-corrected chi connectivity index (χ4v) is 3.01. The van der Waals surface area contributed by atoms with Crippen LogP contribution < -0.4 is 11.1 Å². The van der Waals surface area contributed by atoms with E-state index in [2.05, 4.69) is 30.6 Å². The number of hydrogen-bond acceptors (Lipinski definition) is 3. The molecule has 0 bridgehead atoms. The Morgan fingerprint density at radius 3 is 2.57 bits per heavy atom. The van der Waals surface area contributed by atoms with E-state index in [0.29, 0.717) is 13.0 Å². The third-order valence-electron chi connectivity index (χ3n) is 3.55. The van der Waals surface area contributed by atoms with Gasteiger partial charge in [0, 0.05) is 29.3 Å². The molecular formula is C17H22N2OS. The molecule has 0 fully saturated rings. The molecule has 0 aliphatic rings. The zero-order valence-corrected chi connectivity index (χ0v) is 13.3. The maximum atomic E-state index is 12.1. The summed E-state index contributed by atoms with van der Waals surface area (Å²) in [5.74, 6) is -0.00372. The number of benzene rings is 1. The summed E-state index contributed by atoms with van der Waals surface area (Å²) in [5.41, 5.74) is 7.01. The highest BCUT2D eigenvalue weighted by Gasteiger charge is 2.22. The second kappa shape index (κ2) is 6.87. The maximum absolute atomic E-state index is 12.1. The van der Waals surface area contributed by atoms with Gasteiger partial charge >= 0.3 is 0 Å². The van der Waals surface area contributed by atoms with Gasteiger partial charge in [-0.2, -0.15) is 0 Å². The monoisotopic (exact) mass is 302 g/mol. The van der Waals surface area contributed by atoms with Crippen molar-refractivity contribution in [2.24, 2.45) is 5.73 Å². The van der Waals surface area contributed by atoms with Crippen LogP contribution in [0.2, 0.25) is 0 Å². The number of thiophene rings is 1. The van der Waals surface area contributed by atoms with E-state index in [9.17, 15) is 4.79 Å². The Morgan fingerprint density at radius 1 is 1.24 bits per heavy atom. The van der Waals surface area contributed by atoms with Crippen LogP contribution in [-0.4, -0.2) is 12.5 Å². The lowest BCUT2D eigenvalue weighted by Gasteiger charge is -2.24. The summed E-state index contributed by atoms with van der Waals surface area (Å²) < 4.78 is 0. The average Bonchev–Trinajstić information content (AvgIpc) is 3.01. The minimum Gasteiger partial charge on any atom is -0.355 e. The van der Waals surface area contributed by atoms with Gasteiger partial charge in [-0.3, -0.25) is 4.79 Å². The van der Waals surface area contributed by atoms with E-state index in [1.807, 2.05) is 36.4 Å². The van der Waals surface area contributed by atoms with E-state index in [4.69, 9.17) is 5.73 Å². The van der Waals surface area contributed by atoms with Gasteiger partial charge in [0.05, 0.1) is 0 Å². The normalized spacial score (nSPS) is 12.9. The fraction of sp³-hybridized carbons (Fsp3) is 0.353. The molecule has 1 aromatic heterocycles. The summed E-state index contributed by atoms with van der Waals surface area (Å²) in [5, 5.41) is 5.06. The molecule has 0 aliphatic carbocycles. The summed E-state index contributed by atoms with van der Waals surface area (Å²) in [7, 11) is 0. The Morgan fingerprint density at radius 2 is 1.95 bits per heavy atom. The van der Waals surface area contributed by atoms with E-state index in [1.54, 1.807) is 11.3 Å². The highest BCUT2D eigenvalue weighted by atomic mass is 32.1. The molecule has 21 heavy (non-hydrogen) atoms. The highest BCUT2D eigenvalue weighted by Crippen LogP contribution is 2.26. The van der Waals surface area contributed by atoms with Crippen molar-refractivity contribution >= 4 is 17.2 Å². The van der Waals surface area contributed by atoms with Crippen LogP contribution in [0.15, 0.2) is 47.8 Å². The molecule has 0 aliphatic heterocycles. The topological polar surface area (TPSA) is 55.1 Å². The number of amides is 1. The van der Waals surface area contributed by atoms with Gasteiger partial charge in [0.15, 0.2) is 0 Å². The van der Waals surface area contributed by atoms with E-state index < -0.39 is 0 Å². The molecule has 4 heteroatoms. The summed E-state index contributed by atoms with van der Waals surface area (Å²) in [6, 6.07) is 13.6. The van der Waals surface area contributed by atoms with Crippen molar-refractivity contribution in [2.75, 3.05) is 6.54 Å². The molecule has 2 rings (SSSR count). The molecular weight excluding hydrogens is 280 g/mol. The van der Waals surface area contributed by atoms with Crippen molar-refractivity contribution in [1.82, 2.24) is 5.32 Å². The molecule has 1 unspecified atom stereocenters. The third kappa shape index (κ3) is 4.41. The molecule has 1 aromatic carbocycles. The Bertz CT molecular complexity index is 564. The van der Waals surface area contributed by atoms with Gasteiger partial charge in [0.25, 0.3) is 0 Å². The van der Waals surface area contributed by atoms with Crippen LogP contribution in [0.4, 0.5) is 0 Å². The lowest BCUT2D eigenvalue weighted by Crippen LogP contribution is -2.37. The molecule has 3 nitrogen and oxygen atoms in total. The first-order valence-electron chi connectivity index (χ1n) is 7.10. The lowest BCUT2D eigenvalue weighted by molar-refractivity contribution is -0.121. The van der Waals surface area contributed by atoms with Gasteiger partial charge in [-0.05, 0) is 17.0 Å². The highest BCUT2D eigenvalue weighted by molar-refractivity contribution is 7.10. The average molecular weight is 302 g/mol. The molecule has 0 saturated carbocycles. The Kier molecular flexibility index (Phi) is 5.15. The SMILES string of the molecule is CC(C)(CNC(=O)CC(N)c1ccccc1)c1cccs1. The molecule has 0 radical (unpaired) electrons. The Balaban J connectivity index is 1.85. The van der Waals surface area contributed by atoms with Gasteiger partial charge in [-0.15, -0.1) is 11.3 Å². The van der Waals surface area contributed by atoms with Crippen LogP contribution in [0.1, 0.15) is 36.8 Å². The summed E-state index contributed by atoms with van der Waals surface area (Å²) in [4.78, 5) is 13.3. The van der Waals surface area contributed by atoms with Gasteiger partial charge in [0.2, 0.25) is 5.91 Å². The van der Waals surface area contributed by atoms with Crippen molar-refractivity contribution in [2.45, 2.75) is 31.7 Å². The van der Waals surface area contributed by atoms with E-state index in [1.165, 1.54) is 4.88 Å². The molecule has 1 atom stereocenters. The molecule has 0 saturated heterocycles. The number of nitrogens with two attached hydrogens (primary N) is 1. The van der Waals surface area contributed by atoms with Gasteiger partial charge in [-0.1, -0.05) is 50.2 Å². The smallest absolute Gasteiger partial charge is 0.221 e. The van der Waals surface area contributed by atoms with Crippen molar-refractivity contribution < 1.29 is 4.79 Å². The molecule has 1 amide bonds. The van der Waals surface area contributed by atoms with Crippen molar-refractivity contribution in [1.29, 1.82) is 0 Å². The maximum Gasteiger partial charge on any atom is 0.221 e. The number of carbonyl (C=O) groups is 1. The van der Waals surface area contributed by atoms with Crippen molar-refractivity contribution in [3.63, 3.8) is 0 Å². The largest absolute Gasteiger partial charge is 0.355 e. The van der Waals surface area contributed by atoms with Crippen LogP contribution in [-0.2, 0) is 10.2 Å².